The minimum absolute atomic E-state index is 0.0146. The molecule has 106 valence electrons. The molecular formula is C14H22N2O3. The Morgan fingerprint density at radius 1 is 1.42 bits per heavy atom. The lowest BCUT2D eigenvalue weighted by Gasteiger charge is -2.16. The molecule has 1 unspecified atom stereocenters. The minimum Gasteiger partial charge on any atom is -0.490 e. The van der Waals surface area contributed by atoms with Gasteiger partial charge in [-0.1, -0.05) is 19.9 Å². The molecule has 0 aromatic heterocycles. The van der Waals surface area contributed by atoms with Crippen LogP contribution in [0.5, 0.6) is 5.75 Å². The first-order valence-electron chi connectivity index (χ1n) is 6.67. The number of methoxy groups -OCH3 is 1. The zero-order valence-electron chi connectivity index (χ0n) is 11.8. The Bertz CT molecular complexity index is 421. The molecule has 0 bridgehead atoms. The van der Waals surface area contributed by atoms with Crippen LogP contribution in [0.4, 0.5) is 5.69 Å². The van der Waals surface area contributed by atoms with Crippen LogP contribution in [0.3, 0.4) is 0 Å². The summed E-state index contributed by atoms with van der Waals surface area (Å²) in [5, 5.41) is 14.3. The lowest BCUT2D eigenvalue weighted by atomic mass is 10.0. The summed E-state index contributed by atoms with van der Waals surface area (Å²) < 4.78 is 5.08. The molecule has 0 radical (unpaired) electrons. The van der Waals surface area contributed by atoms with E-state index in [9.17, 15) is 10.1 Å². The highest BCUT2D eigenvalue weighted by Gasteiger charge is 2.16. The molecule has 0 aliphatic carbocycles. The van der Waals surface area contributed by atoms with Crippen molar-refractivity contribution in [3.63, 3.8) is 0 Å². The third-order valence-corrected chi connectivity index (χ3v) is 3.10. The maximum atomic E-state index is 10.8. The van der Waals surface area contributed by atoms with Gasteiger partial charge in [-0.3, -0.25) is 10.1 Å². The zero-order chi connectivity index (χ0) is 14.3. The molecule has 5 heteroatoms. The number of nitrogens with one attached hydrogen (secondary N) is 1. The molecule has 0 amide bonds. The molecule has 5 nitrogen and oxygen atoms in total. The smallest absolute Gasteiger partial charge is 0.310 e. The van der Waals surface area contributed by atoms with E-state index in [1.165, 1.54) is 13.2 Å². The summed E-state index contributed by atoms with van der Waals surface area (Å²) in [6, 6.07) is 5.47. The van der Waals surface area contributed by atoms with Crippen molar-refractivity contribution in [3.05, 3.63) is 33.9 Å². The van der Waals surface area contributed by atoms with Crippen molar-refractivity contribution in [2.75, 3.05) is 13.7 Å². The first-order valence-corrected chi connectivity index (χ1v) is 6.67. The molecule has 0 spiro atoms. The number of nitro groups is 1. The van der Waals surface area contributed by atoms with Crippen molar-refractivity contribution in [3.8, 4) is 5.75 Å². The lowest BCUT2D eigenvalue weighted by molar-refractivity contribution is -0.385. The number of nitrogens with zero attached hydrogens (tertiary/aromatic N) is 1. The second kappa shape index (κ2) is 7.74. The van der Waals surface area contributed by atoms with E-state index < -0.39 is 4.92 Å². The summed E-state index contributed by atoms with van der Waals surface area (Å²) in [7, 11) is 1.46. The zero-order valence-corrected chi connectivity index (χ0v) is 11.8. The molecule has 1 rings (SSSR count). The maximum Gasteiger partial charge on any atom is 0.310 e. The van der Waals surface area contributed by atoms with E-state index in [-0.39, 0.29) is 5.69 Å². The lowest BCUT2D eigenvalue weighted by Crippen LogP contribution is -2.31. The van der Waals surface area contributed by atoms with Crippen molar-refractivity contribution in [2.24, 2.45) is 0 Å². The molecular weight excluding hydrogens is 244 g/mol. The molecule has 0 saturated carbocycles. The Morgan fingerprint density at radius 3 is 2.68 bits per heavy atom. The van der Waals surface area contributed by atoms with E-state index in [1.54, 1.807) is 12.1 Å². The third kappa shape index (κ3) is 4.52. The molecule has 19 heavy (non-hydrogen) atoms. The predicted molar refractivity (Wildman–Crippen MR) is 75.7 cm³/mol. The first-order chi connectivity index (χ1) is 9.12. The van der Waals surface area contributed by atoms with Crippen molar-refractivity contribution >= 4 is 5.69 Å². The SMILES string of the molecule is CCCNC(CC)Cc1ccc([N+](=O)[O-])c(OC)c1. The van der Waals surface area contributed by atoms with Crippen LogP contribution in [0.15, 0.2) is 18.2 Å². The van der Waals surface area contributed by atoms with E-state index in [0.717, 1.165) is 31.4 Å². The topological polar surface area (TPSA) is 64.4 Å². The summed E-state index contributed by atoms with van der Waals surface area (Å²) in [4.78, 5) is 10.4. The molecule has 0 saturated heterocycles. The summed E-state index contributed by atoms with van der Waals surface area (Å²) in [6.45, 7) is 5.26. The molecule has 1 N–H and O–H groups in total. The second-order valence-corrected chi connectivity index (χ2v) is 4.53. The van der Waals surface area contributed by atoms with Gasteiger partial charge in [-0.15, -0.1) is 0 Å². The van der Waals surface area contributed by atoms with Gasteiger partial charge in [0.1, 0.15) is 0 Å². The van der Waals surface area contributed by atoms with Crippen molar-refractivity contribution in [2.45, 2.75) is 39.2 Å². The molecule has 1 atom stereocenters. The molecule has 0 aliphatic rings. The van der Waals surface area contributed by atoms with Gasteiger partial charge in [-0.2, -0.15) is 0 Å². The van der Waals surface area contributed by atoms with E-state index in [2.05, 4.69) is 19.2 Å². The largest absolute Gasteiger partial charge is 0.490 e. The average Bonchev–Trinajstić information content (AvgIpc) is 2.42. The fourth-order valence-electron chi connectivity index (χ4n) is 1.99. The van der Waals surface area contributed by atoms with Crippen LogP contribution in [0.25, 0.3) is 0 Å². The van der Waals surface area contributed by atoms with Crippen LogP contribution in [0.2, 0.25) is 0 Å². The number of hydrogen-bond acceptors (Lipinski definition) is 4. The van der Waals surface area contributed by atoms with Gasteiger partial charge in [0.15, 0.2) is 5.75 Å². The first kappa shape index (κ1) is 15.4. The Labute approximate surface area is 114 Å². The van der Waals surface area contributed by atoms with Crippen LogP contribution in [0.1, 0.15) is 32.3 Å². The van der Waals surface area contributed by atoms with Gasteiger partial charge in [-0.25, -0.2) is 0 Å². The van der Waals surface area contributed by atoms with Crippen molar-refractivity contribution in [1.29, 1.82) is 0 Å². The van der Waals surface area contributed by atoms with Crippen LogP contribution in [0, 0.1) is 10.1 Å². The van der Waals surface area contributed by atoms with E-state index >= 15 is 0 Å². The Kier molecular flexibility index (Phi) is 6.29. The highest BCUT2D eigenvalue weighted by atomic mass is 16.6. The van der Waals surface area contributed by atoms with Gasteiger partial charge in [-0.05, 0) is 37.4 Å². The maximum absolute atomic E-state index is 10.8. The number of hydrogen-bond donors (Lipinski definition) is 1. The molecule has 1 aromatic rings. The second-order valence-electron chi connectivity index (χ2n) is 4.53. The highest BCUT2D eigenvalue weighted by molar-refractivity contribution is 5.48. The average molecular weight is 266 g/mol. The fourth-order valence-corrected chi connectivity index (χ4v) is 1.99. The predicted octanol–water partition coefficient (Wildman–Crippen LogP) is 2.92. The molecule has 0 heterocycles. The summed E-state index contributed by atoms with van der Waals surface area (Å²) in [5.74, 6) is 0.327. The number of ether oxygens (including phenoxy) is 1. The summed E-state index contributed by atoms with van der Waals surface area (Å²) in [5.41, 5.74) is 1.07. The normalized spacial score (nSPS) is 12.2. The van der Waals surface area contributed by atoms with Gasteiger partial charge < -0.3 is 10.1 Å². The fraction of sp³-hybridized carbons (Fsp3) is 0.571. The van der Waals surface area contributed by atoms with Gasteiger partial charge in [0.05, 0.1) is 12.0 Å². The number of nitro benzene ring substituents is 1. The van der Waals surface area contributed by atoms with Gasteiger partial charge >= 0.3 is 5.69 Å². The highest BCUT2D eigenvalue weighted by Crippen LogP contribution is 2.28. The number of rotatable bonds is 8. The van der Waals surface area contributed by atoms with E-state index in [0.29, 0.717) is 11.8 Å². The quantitative estimate of drug-likeness (QED) is 0.580. The van der Waals surface area contributed by atoms with Crippen LogP contribution in [-0.4, -0.2) is 24.6 Å². The van der Waals surface area contributed by atoms with E-state index in [1.807, 2.05) is 0 Å². The number of benzene rings is 1. The Hall–Kier alpha value is -1.62. The molecule has 1 aromatic carbocycles. The van der Waals surface area contributed by atoms with Gasteiger partial charge in [0.25, 0.3) is 0 Å². The summed E-state index contributed by atoms with van der Waals surface area (Å²) in [6.07, 6.45) is 2.98. The monoisotopic (exact) mass is 266 g/mol. The molecule has 0 aliphatic heterocycles. The Balaban J connectivity index is 2.81. The van der Waals surface area contributed by atoms with Gasteiger partial charge in [0.2, 0.25) is 0 Å². The van der Waals surface area contributed by atoms with E-state index in [4.69, 9.17) is 4.74 Å². The van der Waals surface area contributed by atoms with Crippen molar-refractivity contribution in [1.82, 2.24) is 5.32 Å². The molecule has 0 fully saturated rings. The third-order valence-electron chi connectivity index (χ3n) is 3.10. The van der Waals surface area contributed by atoms with Crippen LogP contribution >= 0.6 is 0 Å². The minimum atomic E-state index is -0.421. The van der Waals surface area contributed by atoms with Crippen LogP contribution in [-0.2, 0) is 6.42 Å². The summed E-state index contributed by atoms with van der Waals surface area (Å²) >= 11 is 0. The Morgan fingerprint density at radius 2 is 2.16 bits per heavy atom. The van der Waals surface area contributed by atoms with Gasteiger partial charge in [0, 0.05) is 12.1 Å². The standard InChI is InChI=1S/C14H22N2O3/c1-4-8-15-12(5-2)9-11-6-7-13(16(17)18)14(10-11)19-3/h6-7,10,12,15H,4-5,8-9H2,1-3H3. The van der Waals surface area contributed by atoms with Crippen LogP contribution < -0.4 is 10.1 Å². The van der Waals surface area contributed by atoms with Crippen molar-refractivity contribution < 1.29 is 9.66 Å².